The third-order valence-electron chi connectivity index (χ3n) is 4.38. The Balaban J connectivity index is 1.64. The van der Waals surface area contributed by atoms with E-state index < -0.39 is 5.41 Å². The number of ether oxygens (including phenoxy) is 2. The Morgan fingerprint density at radius 1 is 0.964 bits per heavy atom. The highest BCUT2D eigenvalue weighted by atomic mass is 16.5. The number of hydrogen-bond donors (Lipinski definition) is 1. The molecule has 1 N–H and O–H groups in total. The first kappa shape index (κ1) is 19.4. The molecule has 0 bridgehead atoms. The lowest BCUT2D eigenvalue weighted by Gasteiger charge is -2.23. The number of benzene rings is 2. The van der Waals surface area contributed by atoms with Crippen LogP contribution in [0.2, 0.25) is 0 Å². The zero-order chi connectivity index (χ0) is 20.0. The number of aromatic nitrogens is 1. The minimum atomic E-state index is -0.548. The number of rotatable bonds is 7. The van der Waals surface area contributed by atoms with Crippen molar-refractivity contribution in [2.75, 3.05) is 12.4 Å². The molecular formula is C23H24N2O3. The van der Waals surface area contributed by atoms with Gasteiger partial charge in [0.05, 0.1) is 19.0 Å². The highest BCUT2D eigenvalue weighted by molar-refractivity contribution is 5.94. The third-order valence-corrected chi connectivity index (χ3v) is 4.38. The summed E-state index contributed by atoms with van der Waals surface area (Å²) in [4.78, 5) is 17.0. The fourth-order valence-corrected chi connectivity index (χ4v) is 2.82. The van der Waals surface area contributed by atoms with Gasteiger partial charge in [-0.1, -0.05) is 56.3 Å². The van der Waals surface area contributed by atoms with Gasteiger partial charge in [-0.05, 0) is 30.2 Å². The van der Waals surface area contributed by atoms with Crippen molar-refractivity contribution < 1.29 is 14.3 Å². The van der Waals surface area contributed by atoms with Crippen LogP contribution in [0.4, 0.5) is 5.69 Å². The van der Waals surface area contributed by atoms with Gasteiger partial charge in [-0.15, -0.1) is 0 Å². The molecule has 28 heavy (non-hydrogen) atoms. The summed E-state index contributed by atoms with van der Waals surface area (Å²) < 4.78 is 11.0. The number of pyridine rings is 1. The molecular weight excluding hydrogens is 352 g/mol. The lowest BCUT2D eigenvalue weighted by molar-refractivity contribution is -0.123. The van der Waals surface area contributed by atoms with Gasteiger partial charge in [-0.3, -0.25) is 4.79 Å². The maximum absolute atomic E-state index is 12.7. The van der Waals surface area contributed by atoms with Gasteiger partial charge in [0.1, 0.15) is 0 Å². The van der Waals surface area contributed by atoms with Crippen molar-refractivity contribution in [1.82, 2.24) is 4.98 Å². The normalized spacial score (nSPS) is 11.0. The van der Waals surface area contributed by atoms with E-state index in [9.17, 15) is 4.79 Å². The fraction of sp³-hybridized carbons (Fsp3) is 0.217. The van der Waals surface area contributed by atoms with Gasteiger partial charge in [0.15, 0.2) is 11.5 Å². The molecule has 0 saturated carbocycles. The van der Waals surface area contributed by atoms with E-state index in [1.54, 1.807) is 25.4 Å². The number of nitrogens with one attached hydrogen (secondary N) is 1. The van der Waals surface area contributed by atoms with Crippen molar-refractivity contribution in [3.63, 3.8) is 0 Å². The Kier molecular flexibility index (Phi) is 5.94. The van der Waals surface area contributed by atoms with Gasteiger partial charge in [0.25, 0.3) is 0 Å². The van der Waals surface area contributed by atoms with E-state index in [-0.39, 0.29) is 5.91 Å². The van der Waals surface area contributed by atoms with Crippen LogP contribution in [-0.2, 0) is 11.2 Å². The van der Waals surface area contributed by atoms with Crippen LogP contribution in [0, 0.1) is 5.41 Å². The van der Waals surface area contributed by atoms with Crippen LogP contribution in [0.25, 0.3) is 0 Å². The maximum Gasteiger partial charge on any atom is 0.230 e. The van der Waals surface area contributed by atoms with E-state index in [1.165, 1.54) is 0 Å². The Labute approximate surface area is 165 Å². The number of anilines is 1. The summed E-state index contributed by atoms with van der Waals surface area (Å²) in [7, 11) is 1.59. The summed E-state index contributed by atoms with van der Waals surface area (Å²) >= 11 is 0. The summed E-state index contributed by atoms with van der Waals surface area (Å²) in [6.45, 7) is 3.86. The van der Waals surface area contributed by atoms with Crippen molar-refractivity contribution in [3.05, 3.63) is 78.5 Å². The van der Waals surface area contributed by atoms with E-state index in [2.05, 4.69) is 10.3 Å². The highest BCUT2D eigenvalue weighted by Gasteiger charge is 2.28. The molecule has 5 heteroatoms. The van der Waals surface area contributed by atoms with Crippen molar-refractivity contribution in [2.45, 2.75) is 20.3 Å². The molecule has 1 heterocycles. The highest BCUT2D eigenvalue weighted by Crippen LogP contribution is 2.30. The molecule has 0 saturated heterocycles. The van der Waals surface area contributed by atoms with Crippen LogP contribution in [-0.4, -0.2) is 18.0 Å². The molecule has 1 aromatic heterocycles. The second-order valence-corrected chi connectivity index (χ2v) is 7.14. The number of amides is 1. The average molecular weight is 376 g/mol. The molecule has 3 rings (SSSR count). The van der Waals surface area contributed by atoms with Crippen LogP contribution >= 0.6 is 0 Å². The summed E-state index contributed by atoms with van der Waals surface area (Å²) in [5.41, 5.74) is 1.20. The molecule has 3 aromatic rings. The second kappa shape index (κ2) is 8.57. The van der Waals surface area contributed by atoms with Gasteiger partial charge in [-0.25, -0.2) is 4.98 Å². The van der Waals surface area contributed by atoms with Crippen LogP contribution in [0.3, 0.4) is 0 Å². The monoisotopic (exact) mass is 376 g/mol. The molecule has 0 atom stereocenters. The zero-order valence-electron chi connectivity index (χ0n) is 16.3. The molecule has 0 spiro atoms. The molecule has 0 radical (unpaired) electrons. The Morgan fingerprint density at radius 2 is 1.64 bits per heavy atom. The van der Waals surface area contributed by atoms with E-state index in [0.717, 1.165) is 5.56 Å². The number of hydrogen-bond acceptors (Lipinski definition) is 4. The van der Waals surface area contributed by atoms with Crippen LogP contribution in [0.1, 0.15) is 19.4 Å². The van der Waals surface area contributed by atoms with E-state index in [4.69, 9.17) is 9.47 Å². The first-order valence-electron chi connectivity index (χ1n) is 9.10. The van der Waals surface area contributed by atoms with E-state index in [0.29, 0.717) is 29.5 Å². The SMILES string of the molecule is COc1ccccc1Oc1ccc(NC(=O)C(C)(C)Cc2ccccc2)cn1. The molecule has 0 aliphatic heterocycles. The number of carbonyl (C=O) groups excluding carboxylic acids is 1. The second-order valence-electron chi connectivity index (χ2n) is 7.14. The maximum atomic E-state index is 12.7. The molecule has 0 unspecified atom stereocenters. The summed E-state index contributed by atoms with van der Waals surface area (Å²) in [5, 5.41) is 2.93. The Hall–Kier alpha value is -3.34. The summed E-state index contributed by atoms with van der Waals surface area (Å²) in [6, 6.07) is 20.8. The van der Waals surface area contributed by atoms with Crippen LogP contribution in [0.15, 0.2) is 72.9 Å². The van der Waals surface area contributed by atoms with Gasteiger partial charge in [0.2, 0.25) is 11.8 Å². The van der Waals surface area contributed by atoms with E-state index >= 15 is 0 Å². The molecule has 144 valence electrons. The van der Waals surface area contributed by atoms with Gasteiger partial charge >= 0.3 is 0 Å². The molecule has 0 aliphatic carbocycles. The Morgan fingerprint density at radius 3 is 2.29 bits per heavy atom. The number of nitrogens with zero attached hydrogens (tertiary/aromatic N) is 1. The molecule has 0 fully saturated rings. The smallest absolute Gasteiger partial charge is 0.230 e. The fourth-order valence-electron chi connectivity index (χ4n) is 2.82. The van der Waals surface area contributed by atoms with Crippen LogP contribution in [0.5, 0.6) is 17.4 Å². The predicted octanol–water partition coefficient (Wildman–Crippen LogP) is 5.09. The van der Waals surface area contributed by atoms with Gasteiger partial charge < -0.3 is 14.8 Å². The van der Waals surface area contributed by atoms with Crippen molar-refractivity contribution in [3.8, 4) is 17.4 Å². The first-order chi connectivity index (χ1) is 13.5. The number of carbonyl (C=O) groups is 1. The molecule has 0 aliphatic rings. The largest absolute Gasteiger partial charge is 0.493 e. The van der Waals surface area contributed by atoms with Gasteiger partial charge in [0, 0.05) is 11.5 Å². The molecule has 5 nitrogen and oxygen atoms in total. The lowest BCUT2D eigenvalue weighted by Crippen LogP contribution is -2.32. The van der Waals surface area contributed by atoms with E-state index in [1.807, 2.05) is 68.4 Å². The summed E-state index contributed by atoms with van der Waals surface area (Å²) in [6.07, 6.45) is 2.24. The topological polar surface area (TPSA) is 60.5 Å². The number of para-hydroxylation sites is 2. The average Bonchev–Trinajstić information content (AvgIpc) is 2.70. The molecule has 1 amide bonds. The van der Waals surface area contributed by atoms with Crippen molar-refractivity contribution in [1.29, 1.82) is 0 Å². The lowest BCUT2D eigenvalue weighted by atomic mass is 9.85. The minimum absolute atomic E-state index is 0.0587. The third kappa shape index (κ3) is 4.88. The quantitative estimate of drug-likeness (QED) is 0.624. The standard InChI is InChI=1S/C23H24N2O3/c1-23(2,15-17-9-5-4-6-10-17)22(26)25-18-13-14-21(24-16-18)28-20-12-8-7-11-19(20)27-3/h4-14,16H,15H2,1-3H3,(H,25,26). The minimum Gasteiger partial charge on any atom is -0.493 e. The summed E-state index contributed by atoms with van der Waals surface area (Å²) in [5.74, 6) is 1.57. The Bertz CT molecular complexity index is 922. The van der Waals surface area contributed by atoms with Crippen LogP contribution < -0.4 is 14.8 Å². The molecule has 2 aromatic carbocycles. The predicted molar refractivity (Wildman–Crippen MR) is 110 cm³/mol. The van der Waals surface area contributed by atoms with Crippen molar-refractivity contribution >= 4 is 11.6 Å². The van der Waals surface area contributed by atoms with Crippen molar-refractivity contribution in [2.24, 2.45) is 5.41 Å². The first-order valence-corrected chi connectivity index (χ1v) is 9.10. The number of methoxy groups -OCH3 is 1. The van der Waals surface area contributed by atoms with Gasteiger partial charge in [-0.2, -0.15) is 0 Å². The zero-order valence-corrected chi connectivity index (χ0v) is 16.3.